The van der Waals surface area contributed by atoms with Gasteiger partial charge in [-0.15, -0.1) is 0 Å². The van der Waals surface area contributed by atoms with Crippen LogP contribution in [-0.4, -0.2) is 41.6 Å². The number of halogens is 2. The first-order valence-electron chi connectivity index (χ1n) is 7.00. The molecule has 0 radical (unpaired) electrons. The lowest BCUT2D eigenvalue weighted by molar-refractivity contribution is 0.0589. The lowest BCUT2D eigenvalue weighted by atomic mass is 10.1. The molecule has 0 spiro atoms. The van der Waals surface area contributed by atoms with E-state index >= 15 is 0 Å². The number of benzene rings is 1. The minimum Gasteiger partial charge on any atom is -0.465 e. The Bertz CT molecular complexity index is 551. The summed E-state index contributed by atoms with van der Waals surface area (Å²) in [7, 11) is 1.12. The summed E-state index contributed by atoms with van der Waals surface area (Å²) < 4.78 is 32.5. The van der Waals surface area contributed by atoms with Gasteiger partial charge < -0.3 is 4.74 Å². The van der Waals surface area contributed by atoms with E-state index in [-0.39, 0.29) is 0 Å². The van der Waals surface area contributed by atoms with Crippen molar-refractivity contribution >= 4 is 17.7 Å². The number of rotatable bonds is 3. The molecule has 114 valence electrons. The van der Waals surface area contributed by atoms with Crippen LogP contribution < -0.4 is 0 Å². The van der Waals surface area contributed by atoms with E-state index in [1.807, 2.05) is 11.8 Å². The van der Waals surface area contributed by atoms with Crippen LogP contribution in [0.1, 0.15) is 28.8 Å². The normalized spacial score (nSPS) is 25.1. The summed E-state index contributed by atoms with van der Waals surface area (Å²) >= 11 is 1.94. The molecule has 2 bridgehead atoms. The number of nitrogens with zero attached hydrogens (tertiary/aromatic N) is 1. The Hall–Kier alpha value is -1.14. The van der Waals surface area contributed by atoms with Crippen LogP contribution in [0.15, 0.2) is 12.1 Å². The predicted octanol–water partition coefficient (Wildman–Crippen LogP) is 2.83. The Labute approximate surface area is 126 Å². The highest BCUT2D eigenvalue weighted by Crippen LogP contribution is 2.35. The highest BCUT2D eigenvalue weighted by Gasteiger charge is 2.37. The minimum absolute atomic E-state index is 0.362. The molecule has 0 saturated carbocycles. The molecule has 6 heteroatoms. The van der Waals surface area contributed by atoms with E-state index in [0.717, 1.165) is 37.5 Å². The van der Waals surface area contributed by atoms with Crippen LogP contribution in [0.5, 0.6) is 0 Å². The first-order valence-corrected chi connectivity index (χ1v) is 8.16. The SMILES string of the molecule is COC(=O)c1c(F)ccc(CN2C3CCC2CSC3)c1F. The molecule has 1 aromatic rings. The standard InChI is InChI=1S/C15H17F2NO2S/c1-20-15(19)13-12(16)5-2-9(14(13)17)6-18-10-3-4-11(18)8-21-7-10/h2,5,10-11H,3-4,6-8H2,1H3. The molecule has 0 N–H and O–H groups in total. The molecule has 3 nitrogen and oxygen atoms in total. The maximum atomic E-state index is 14.4. The number of hydrogen-bond acceptors (Lipinski definition) is 4. The zero-order valence-electron chi connectivity index (χ0n) is 11.8. The fourth-order valence-electron chi connectivity index (χ4n) is 3.17. The van der Waals surface area contributed by atoms with Crippen LogP contribution >= 0.6 is 11.8 Å². The van der Waals surface area contributed by atoms with Crippen LogP contribution in [0.2, 0.25) is 0 Å². The molecule has 0 aliphatic carbocycles. The number of thioether (sulfide) groups is 1. The topological polar surface area (TPSA) is 29.5 Å². The summed E-state index contributed by atoms with van der Waals surface area (Å²) in [4.78, 5) is 13.8. The van der Waals surface area contributed by atoms with Crippen molar-refractivity contribution < 1.29 is 18.3 Å². The van der Waals surface area contributed by atoms with Gasteiger partial charge in [0.25, 0.3) is 0 Å². The van der Waals surface area contributed by atoms with Crippen molar-refractivity contribution in [1.29, 1.82) is 0 Å². The zero-order chi connectivity index (χ0) is 15.0. The van der Waals surface area contributed by atoms with Crippen molar-refractivity contribution in [2.45, 2.75) is 31.5 Å². The monoisotopic (exact) mass is 313 g/mol. The van der Waals surface area contributed by atoms with Crippen molar-refractivity contribution in [1.82, 2.24) is 4.90 Å². The second-order valence-corrected chi connectivity index (χ2v) is 6.56. The summed E-state index contributed by atoms with van der Waals surface area (Å²) in [6.07, 6.45) is 2.26. The van der Waals surface area contributed by atoms with Gasteiger partial charge in [-0.1, -0.05) is 6.07 Å². The number of methoxy groups -OCH3 is 1. The highest BCUT2D eigenvalue weighted by atomic mass is 32.2. The fraction of sp³-hybridized carbons (Fsp3) is 0.533. The van der Waals surface area contributed by atoms with Crippen LogP contribution in [0, 0.1) is 11.6 Å². The Morgan fingerprint density at radius 3 is 2.62 bits per heavy atom. The number of ether oxygens (including phenoxy) is 1. The summed E-state index contributed by atoms with van der Waals surface area (Å²) in [6.45, 7) is 0.423. The maximum absolute atomic E-state index is 14.4. The van der Waals surface area contributed by atoms with E-state index in [9.17, 15) is 13.6 Å². The van der Waals surface area contributed by atoms with E-state index in [0.29, 0.717) is 24.2 Å². The Kier molecular flexibility index (Phi) is 4.17. The first-order chi connectivity index (χ1) is 10.1. The third-order valence-electron chi connectivity index (χ3n) is 4.31. The van der Waals surface area contributed by atoms with E-state index in [1.54, 1.807) is 0 Å². The smallest absolute Gasteiger partial charge is 0.343 e. The van der Waals surface area contributed by atoms with E-state index in [2.05, 4.69) is 9.64 Å². The second kappa shape index (κ2) is 5.93. The van der Waals surface area contributed by atoms with E-state index in [1.165, 1.54) is 6.07 Å². The highest BCUT2D eigenvalue weighted by molar-refractivity contribution is 7.99. The Morgan fingerprint density at radius 1 is 1.33 bits per heavy atom. The molecule has 2 aliphatic rings. The fourth-order valence-corrected chi connectivity index (χ4v) is 4.57. The molecule has 2 fully saturated rings. The number of esters is 1. The predicted molar refractivity (Wildman–Crippen MR) is 77.4 cm³/mol. The average Bonchev–Trinajstić information content (AvgIpc) is 2.70. The van der Waals surface area contributed by atoms with Gasteiger partial charge in [-0.3, -0.25) is 4.90 Å². The molecule has 1 aromatic carbocycles. The van der Waals surface area contributed by atoms with Gasteiger partial charge >= 0.3 is 5.97 Å². The van der Waals surface area contributed by atoms with Gasteiger partial charge in [-0.05, 0) is 18.9 Å². The zero-order valence-corrected chi connectivity index (χ0v) is 12.6. The van der Waals surface area contributed by atoms with E-state index < -0.39 is 23.2 Å². The number of hydrogen-bond donors (Lipinski definition) is 0. The molecule has 3 rings (SSSR count). The van der Waals surface area contributed by atoms with Crippen LogP contribution in [0.25, 0.3) is 0 Å². The number of fused-ring (bicyclic) bond motifs is 2. The largest absolute Gasteiger partial charge is 0.465 e. The number of carbonyl (C=O) groups is 1. The molecule has 2 atom stereocenters. The maximum Gasteiger partial charge on any atom is 0.343 e. The van der Waals surface area contributed by atoms with Crippen molar-refractivity contribution in [2.24, 2.45) is 0 Å². The quantitative estimate of drug-likeness (QED) is 0.803. The van der Waals surface area contributed by atoms with Crippen molar-refractivity contribution in [2.75, 3.05) is 18.6 Å². The second-order valence-electron chi connectivity index (χ2n) is 5.48. The van der Waals surface area contributed by atoms with Gasteiger partial charge in [0.05, 0.1) is 7.11 Å². The van der Waals surface area contributed by atoms with Gasteiger partial charge in [0.1, 0.15) is 17.2 Å². The van der Waals surface area contributed by atoms with Crippen molar-refractivity contribution in [3.05, 3.63) is 34.9 Å². The average molecular weight is 313 g/mol. The van der Waals surface area contributed by atoms with Crippen molar-refractivity contribution in [3.8, 4) is 0 Å². The first kappa shape index (κ1) is 14.8. The lowest BCUT2D eigenvalue weighted by Gasteiger charge is -2.34. The van der Waals surface area contributed by atoms with Crippen LogP contribution in [-0.2, 0) is 11.3 Å². The lowest BCUT2D eigenvalue weighted by Crippen LogP contribution is -2.42. The summed E-state index contributed by atoms with van der Waals surface area (Å²) in [5.41, 5.74) is -0.227. The van der Waals surface area contributed by atoms with Gasteiger partial charge in [0.2, 0.25) is 0 Å². The van der Waals surface area contributed by atoms with Gasteiger partial charge in [0.15, 0.2) is 0 Å². The molecular weight excluding hydrogens is 296 g/mol. The molecule has 0 amide bonds. The summed E-state index contributed by atoms with van der Waals surface area (Å²) in [5.74, 6) is -0.518. The Morgan fingerprint density at radius 2 is 2.00 bits per heavy atom. The number of carbonyl (C=O) groups excluding carboxylic acids is 1. The molecule has 2 unspecified atom stereocenters. The molecule has 2 aliphatic heterocycles. The summed E-state index contributed by atoms with van der Waals surface area (Å²) in [6, 6.07) is 3.49. The van der Waals surface area contributed by atoms with Gasteiger partial charge in [-0.25, -0.2) is 13.6 Å². The minimum atomic E-state index is -0.968. The molecule has 0 aromatic heterocycles. The van der Waals surface area contributed by atoms with Crippen LogP contribution in [0.3, 0.4) is 0 Å². The van der Waals surface area contributed by atoms with Gasteiger partial charge in [-0.2, -0.15) is 11.8 Å². The molecule has 21 heavy (non-hydrogen) atoms. The summed E-state index contributed by atoms with van der Waals surface area (Å²) in [5, 5.41) is 0. The Balaban J connectivity index is 1.88. The van der Waals surface area contributed by atoms with Crippen LogP contribution in [0.4, 0.5) is 8.78 Å². The van der Waals surface area contributed by atoms with Crippen molar-refractivity contribution in [3.63, 3.8) is 0 Å². The molecular formula is C15H17F2NO2S. The molecule has 2 heterocycles. The third kappa shape index (κ3) is 2.66. The third-order valence-corrected chi connectivity index (χ3v) is 5.55. The van der Waals surface area contributed by atoms with Gasteiger partial charge in [0, 0.05) is 35.7 Å². The van der Waals surface area contributed by atoms with E-state index in [4.69, 9.17) is 0 Å². The molecule has 2 saturated heterocycles.